The molecular formula is C21H21N3O. The van der Waals surface area contributed by atoms with E-state index in [4.69, 9.17) is 0 Å². The molecule has 126 valence electrons. The van der Waals surface area contributed by atoms with Crippen LogP contribution in [0.15, 0.2) is 55.1 Å². The molecule has 2 aromatic rings. The summed E-state index contributed by atoms with van der Waals surface area (Å²) in [7, 11) is 1.75. The zero-order chi connectivity index (χ0) is 17.8. The van der Waals surface area contributed by atoms with Gasteiger partial charge in [0.25, 0.3) is 0 Å². The summed E-state index contributed by atoms with van der Waals surface area (Å²) >= 11 is 0. The van der Waals surface area contributed by atoms with Gasteiger partial charge in [-0.15, -0.1) is 5.92 Å². The molecule has 3 rings (SSSR count). The van der Waals surface area contributed by atoms with E-state index in [0.717, 1.165) is 28.7 Å². The van der Waals surface area contributed by atoms with Crippen LogP contribution in [0.25, 0.3) is 11.1 Å². The lowest BCUT2D eigenvalue weighted by Crippen LogP contribution is -2.30. The molecular weight excluding hydrogens is 310 g/mol. The molecule has 1 saturated heterocycles. The molecule has 1 aliphatic rings. The van der Waals surface area contributed by atoms with Crippen LogP contribution in [-0.4, -0.2) is 22.8 Å². The number of nitrogens with one attached hydrogen (secondary N) is 1. The van der Waals surface area contributed by atoms with Crippen molar-refractivity contribution in [2.75, 3.05) is 7.05 Å². The van der Waals surface area contributed by atoms with E-state index in [1.54, 1.807) is 18.1 Å². The number of pyridine rings is 1. The van der Waals surface area contributed by atoms with Gasteiger partial charge < -0.3 is 10.2 Å². The average Bonchev–Trinajstić information content (AvgIpc) is 2.76. The van der Waals surface area contributed by atoms with Crippen molar-refractivity contribution in [2.45, 2.75) is 25.8 Å². The first kappa shape index (κ1) is 16.8. The van der Waals surface area contributed by atoms with E-state index in [1.807, 2.05) is 25.3 Å². The Hall–Kier alpha value is -3.06. The third-order valence-electron chi connectivity index (χ3n) is 4.40. The van der Waals surface area contributed by atoms with Crippen molar-refractivity contribution >= 4 is 5.91 Å². The molecule has 1 amide bonds. The van der Waals surface area contributed by atoms with E-state index in [9.17, 15) is 4.79 Å². The number of hydrogen-bond acceptors (Lipinski definition) is 3. The van der Waals surface area contributed by atoms with Gasteiger partial charge in [-0.05, 0) is 36.6 Å². The van der Waals surface area contributed by atoms with Gasteiger partial charge in [-0.3, -0.25) is 9.78 Å². The largest absolute Gasteiger partial charge is 0.365 e. The van der Waals surface area contributed by atoms with Crippen LogP contribution >= 0.6 is 0 Å². The van der Waals surface area contributed by atoms with Crippen LogP contribution in [-0.2, 0) is 4.79 Å². The van der Waals surface area contributed by atoms with E-state index in [1.165, 1.54) is 0 Å². The number of nitrogens with zero attached hydrogens (tertiary/aromatic N) is 2. The van der Waals surface area contributed by atoms with E-state index in [-0.39, 0.29) is 11.9 Å². The normalized spacial score (nSPS) is 17.4. The lowest BCUT2D eigenvalue weighted by atomic mass is 9.97. The fourth-order valence-electron chi connectivity index (χ4n) is 2.95. The smallest absolute Gasteiger partial charge is 0.227 e. The molecule has 0 aliphatic carbocycles. The molecule has 1 atom stereocenters. The Bertz CT molecular complexity index is 876. The lowest BCUT2D eigenvalue weighted by molar-refractivity contribution is -0.127. The topological polar surface area (TPSA) is 45.2 Å². The van der Waals surface area contributed by atoms with Crippen LogP contribution in [0.5, 0.6) is 0 Å². The molecule has 2 heterocycles. The van der Waals surface area contributed by atoms with Gasteiger partial charge in [0.05, 0.1) is 6.04 Å². The summed E-state index contributed by atoms with van der Waals surface area (Å²) in [6.07, 6.45) is 4.85. The third-order valence-corrected chi connectivity index (χ3v) is 4.40. The minimum Gasteiger partial charge on any atom is -0.365 e. The predicted octanol–water partition coefficient (Wildman–Crippen LogP) is 3.47. The van der Waals surface area contributed by atoms with Gasteiger partial charge in [0.15, 0.2) is 0 Å². The first-order valence-corrected chi connectivity index (χ1v) is 8.28. The summed E-state index contributed by atoms with van der Waals surface area (Å²) in [5, 5.41) is 3.36. The average molecular weight is 331 g/mol. The van der Waals surface area contributed by atoms with Crippen molar-refractivity contribution in [1.29, 1.82) is 0 Å². The Morgan fingerprint density at radius 3 is 2.92 bits per heavy atom. The number of amides is 1. The minimum atomic E-state index is 0.0629. The van der Waals surface area contributed by atoms with Gasteiger partial charge in [0.1, 0.15) is 5.82 Å². The van der Waals surface area contributed by atoms with Crippen LogP contribution in [0.4, 0.5) is 0 Å². The van der Waals surface area contributed by atoms with Gasteiger partial charge in [-0.25, -0.2) is 0 Å². The van der Waals surface area contributed by atoms with Crippen molar-refractivity contribution in [1.82, 2.24) is 15.2 Å². The molecule has 4 heteroatoms. The van der Waals surface area contributed by atoms with Crippen molar-refractivity contribution in [2.24, 2.45) is 0 Å². The molecule has 1 aliphatic heterocycles. The fraction of sp³-hybridized carbons (Fsp3) is 0.238. The maximum Gasteiger partial charge on any atom is 0.227 e. The quantitative estimate of drug-likeness (QED) is 0.857. The monoisotopic (exact) mass is 331 g/mol. The number of carbonyl (C=O) groups excluding carboxylic acids is 1. The highest BCUT2D eigenvalue weighted by molar-refractivity contribution is 5.78. The zero-order valence-electron chi connectivity index (χ0n) is 14.5. The Balaban J connectivity index is 1.91. The molecule has 0 bridgehead atoms. The SMILES string of the molecule is C=C1NC(c2cccc(-c3cncc(C#CC)c3)c2)CCC(=O)N1C. The summed E-state index contributed by atoms with van der Waals surface area (Å²) in [6.45, 7) is 5.78. The highest BCUT2D eigenvalue weighted by atomic mass is 16.2. The number of rotatable bonds is 2. The summed E-state index contributed by atoms with van der Waals surface area (Å²) in [4.78, 5) is 17.9. The van der Waals surface area contributed by atoms with Crippen molar-refractivity contribution in [3.8, 4) is 23.0 Å². The first-order chi connectivity index (χ1) is 12.1. The lowest BCUT2D eigenvalue weighted by Gasteiger charge is -2.21. The third kappa shape index (κ3) is 3.72. The predicted molar refractivity (Wildman–Crippen MR) is 99.2 cm³/mol. The Labute approximate surface area is 148 Å². The van der Waals surface area contributed by atoms with Crippen LogP contribution in [0.2, 0.25) is 0 Å². The molecule has 1 aromatic carbocycles. The van der Waals surface area contributed by atoms with E-state index in [2.05, 4.69) is 46.9 Å². The summed E-state index contributed by atoms with van der Waals surface area (Å²) in [5.74, 6) is 6.67. The Morgan fingerprint density at radius 1 is 1.28 bits per heavy atom. The van der Waals surface area contributed by atoms with Crippen molar-refractivity contribution in [3.63, 3.8) is 0 Å². The number of benzene rings is 1. The standard InChI is InChI=1S/C21H21N3O/c1-4-6-16-11-19(14-22-13-16)17-7-5-8-18(12-17)20-9-10-21(25)24(3)15(2)23-20/h5,7-8,11-14,20,23H,2,9-10H2,1,3H3. The highest BCUT2D eigenvalue weighted by Gasteiger charge is 2.23. The highest BCUT2D eigenvalue weighted by Crippen LogP contribution is 2.28. The molecule has 1 unspecified atom stereocenters. The molecule has 1 aromatic heterocycles. The van der Waals surface area contributed by atoms with Gasteiger partial charge >= 0.3 is 0 Å². The summed E-state index contributed by atoms with van der Waals surface area (Å²) in [6, 6.07) is 10.4. The second-order valence-electron chi connectivity index (χ2n) is 6.10. The van der Waals surface area contributed by atoms with Crippen molar-refractivity contribution < 1.29 is 4.79 Å². The zero-order valence-corrected chi connectivity index (χ0v) is 14.5. The second kappa shape index (κ2) is 7.23. The molecule has 0 saturated carbocycles. The van der Waals surface area contributed by atoms with E-state index < -0.39 is 0 Å². The van der Waals surface area contributed by atoms with E-state index >= 15 is 0 Å². The molecule has 25 heavy (non-hydrogen) atoms. The molecule has 0 spiro atoms. The van der Waals surface area contributed by atoms with Gasteiger partial charge in [-0.2, -0.15) is 0 Å². The van der Waals surface area contributed by atoms with Crippen molar-refractivity contribution in [3.05, 3.63) is 66.3 Å². The van der Waals surface area contributed by atoms with Gasteiger partial charge in [0.2, 0.25) is 5.91 Å². The van der Waals surface area contributed by atoms with Gasteiger partial charge in [-0.1, -0.05) is 30.7 Å². The van der Waals surface area contributed by atoms with Crippen LogP contribution < -0.4 is 5.32 Å². The second-order valence-corrected chi connectivity index (χ2v) is 6.10. The molecule has 1 fully saturated rings. The Morgan fingerprint density at radius 2 is 2.12 bits per heavy atom. The first-order valence-electron chi connectivity index (χ1n) is 8.28. The maximum atomic E-state index is 12.0. The number of carbonyl (C=O) groups is 1. The van der Waals surface area contributed by atoms with Crippen LogP contribution in [0, 0.1) is 11.8 Å². The maximum absolute atomic E-state index is 12.0. The van der Waals surface area contributed by atoms with E-state index in [0.29, 0.717) is 12.2 Å². The summed E-state index contributed by atoms with van der Waals surface area (Å²) in [5.41, 5.74) is 4.15. The molecule has 4 nitrogen and oxygen atoms in total. The molecule has 1 N–H and O–H groups in total. The minimum absolute atomic E-state index is 0.0629. The molecule has 0 radical (unpaired) electrons. The fourth-order valence-corrected chi connectivity index (χ4v) is 2.95. The number of aromatic nitrogens is 1. The number of hydrogen-bond donors (Lipinski definition) is 1. The van der Waals surface area contributed by atoms with Gasteiger partial charge in [0, 0.05) is 37.0 Å². The van der Waals surface area contributed by atoms with Crippen LogP contribution in [0.1, 0.15) is 36.9 Å². The Kier molecular flexibility index (Phi) is 4.85. The summed E-state index contributed by atoms with van der Waals surface area (Å²) < 4.78 is 0. The van der Waals surface area contributed by atoms with Crippen LogP contribution in [0.3, 0.4) is 0 Å².